The Morgan fingerprint density at radius 1 is 1.32 bits per heavy atom. The van der Waals surface area contributed by atoms with Gasteiger partial charge in [-0.3, -0.25) is 4.90 Å². The quantitative estimate of drug-likeness (QED) is 0.806. The maximum Gasteiger partial charge on any atom is 0.240 e. The highest BCUT2D eigenvalue weighted by atomic mass is 35.5. The molecular weight excluding hydrogens is 304 g/mol. The third-order valence-corrected chi connectivity index (χ3v) is 3.39. The number of hydrogen-bond donors (Lipinski definition) is 2. The van der Waals surface area contributed by atoms with Gasteiger partial charge in [-0.25, -0.2) is 0 Å². The molecule has 2 rings (SSSR count). The maximum absolute atomic E-state index is 10.3. The second-order valence-corrected chi connectivity index (χ2v) is 5.06. The molecule has 1 unspecified atom stereocenters. The first-order chi connectivity index (χ1) is 10.1. The molecule has 0 amide bonds. The number of likely N-dealkylation sites (N-methyl/N-ethyl adjacent to an activating group) is 1. The van der Waals surface area contributed by atoms with Crippen LogP contribution in [0.15, 0.2) is 28.8 Å². The molecule has 2 aromatic rings. The third-order valence-electron chi connectivity index (χ3n) is 3.39. The largest absolute Gasteiger partial charge is 0.387 e. The van der Waals surface area contributed by atoms with E-state index in [-0.39, 0.29) is 19.0 Å². The molecule has 0 saturated heterocycles. The summed E-state index contributed by atoms with van der Waals surface area (Å²) in [5.74, 6) is 1.02. The second kappa shape index (κ2) is 8.85. The molecule has 0 bridgehead atoms. The van der Waals surface area contributed by atoms with Crippen molar-refractivity contribution < 1.29 is 9.63 Å². The van der Waals surface area contributed by atoms with E-state index < -0.39 is 6.10 Å². The molecule has 7 heteroatoms. The van der Waals surface area contributed by atoms with Crippen LogP contribution >= 0.6 is 12.4 Å². The Bertz CT molecular complexity index is 559. The van der Waals surface area contributed by atoms with E-state index in [4.69, 9.17) is 10.3 Å². The molecule has 1 aromatic heterocycles. The predicted molar refractivity (Wildman–Crippen MR) is 86.5 cm³/mol. The number of aromatic nitrogens is 2. The van der Waals surface area contributed by atoms with Crippen LogP contribution in [-0.4, -0.2) is 33.2 Å². The van der Waals surface area contributed by atoms with Gasteiger partial charge in [-0.1, -0.05) is 41.9 Å². The number of nitrogens with zero attached hydrogens (tertiary/aromatic N) is 3. The van der Waals surface area contributed by atoms with Crippen molar-refractivity contribution in [2.24, 2.45) is 5.73 Å². The average molecular weight is 327 g/mol. The van der Waals surface area contributed by atoms with E-state index in [0.29, 0.717) is 24.8 Å². The zero-order valence-electron chi connectivity index (χ0n) is 12.9. The van der Waals surface area contributed by atoms with E-state index in [1.807, 2.05) is 38.1 Å². The monoisotopic (exact) mass is 326 g/mol. The Hall–Kier alpha value is -1.47. The minimum absolute atomic E-state index is 0. The molecule has 0 saturated carbocycles. The van der Waals surface area contributed by atoms with Crippen molar-refractivity contribution in [3.8, 4) is 0 Å². The zero-order chi connectivity index (χ0) is 15.2. The molecule has 122 valence electrons. The minimum Gasteiger partial charge on any atom is -0.387 e. The van der Waals surface area contributed by atoms with E-state index in [1.54, 1.807) is 0 Å². The molecule has 0 fully saturated rings. The van der Waals surface area contributed by atoms with E-state index in [0.717, 1.165) is 12.1 Å². The highest BCUT2D eigenvalue weighted by molar-refractivity contribution is 5.85. The van der Waals surface area contributed by atoms with Gasteiger partial charge in [0.05, 0.1) is 19.2 Å². The van der Waals surface area contributed by atoms with Crippen LogP contribution in [0.2, 0.25) is 0 Å². The summed E-state index contributed by atoms with van der Waals surface area (Å²) in [5, 5.41) is 14.2. The molecule has 0 radical (unpaired) electrons. The van der Waals surface area contributed by atoms with Crippen molar-refractivity contribution in [1.82, 2.24) is 15.0 Å². The van der Waals surface area contributed by atoms with Crippen LogP contribution in [0.5, 0.6) is 0 Å². The number of aryl methyl sites for hydroxylation is 1. The van der Waals surface area contributed by atoms with Crippen molar-refractivity contribution in [2.75, 3.05) is 13.1 Å². The van der Waals surface area contributed by atoms with Crippen LogP contribution in [0, 0.1) is 6.92 Å². The van der Waals surface area contributed by atoms with Crippen LogP contribution < -0.4 is 5.73 Å². The lowest BCUT2D eigenvalue weighted by Crippen LogP contribution is -2.28. The number of rotatable bonds is 7. The Balaban J connectivity index is 0.00000242. The molecule has 3 N–H and O–H groups in total. The third kappa shape index (κ3) is 5.06. The van der Waals surface area contributed by atoms with E-state index in [9.17, 15) is 5.11 Å². The van der Waals surface area contributed by atoms with E-state index in [2.05, 4.69) is 15.0 Å². The van der Waals surface area contributed by atoms with E-state index in [1.165, 1.54) is 5.56 Å². The van der Waals surface area contributed by atoms with Crippen molar-refractivity contribution in [3.63, 3.8) is 0 Å². The van der Waals surface area contributed by atoms with Crippen LogP contribution in [0.4, 0.5) is 0 Å². The van der Waals surface area contributed by atoms with Gasteiger partial charge in [-0.2, -0.15) is 4.98 Å². The summed E-state index contributed by atoms with van der Waals surface area (Å²) in [4.78, 5) is 6.25. The van der Waals surface area contributed by atoms with Gasteiger partial charge in [0.25, 0.3) is 0 Å². The Morgan fingerprint density at radius 3 is 2.55 bits per heavy atom. The summed E-state index contributed by atoms with van der Waals surface area (Å²) >= 11 is 0. The van der Waals surface area contributed by atoms with Crippen LogP contribution in [0.3, 0.4) is 0 Å². The van der Waals surface area contributed by atoms with Crippen molar-refractivity contribution in [3.05, 3.63) is 47.1 Å². The summed E-state index contributed by atoms with van der Waals surface area (Å²) in [5.41, 5.74) is 7.54. The molecule has 1 aromatic carbocycles. The second-order valence-electron chi connectivity index (χ2n) is 5.06. The smallest absolute Gasteiger partial charge is 0.240 e. The van der Waals surface area contributed by atoms with Gasteiger partial charge >= 0.3 is 0 Å². The Morgan fingerprint density at radius 2 is 2.00 bits per heavy atom. The fourth-order valence-electron chi connectivity index (χ4n) is 2.08. The number of nitrogens with two attached hydrogens (primary N) is 1. The molecule has 1 atom stereocenters. The lowest BCUT2D eigenvalue weighted by Gasteiger charge is -2.22. The number of aliphatic hydroxyl groups is 1. The maximum atomic E-state index is 10.3. The van der Waals surface area contributed by atoms with E-state index >= 15 is 0 Å². The van der Waals surface area contributed by atoms with Gasteiger partial charge in [0.15, 0.2) is 5.82 Å². The predicted octanol–water partition coefficient (Wildman–Crippen LogP) is 1.81. The number of benzene rings is 1. The van der Waals surface area contributed by atoms with Gasteiger partial charge in [0.2, 0.25) is 5.89 Å². The normalized spacial score (nSPS) is 12.2. The lowest BCUT2D eigenvalue weighted by molar-refractivity contribution is 0.110. The van der Waals surface area contributed by atoms with Gasteiger partial charge in [-0.05, 0) is 19.0 Å². The van der Waals surface area contributed by atoms with Crippen LogP contribution in [0.25, 0.3) is 0 Å². The molecule has 0 aliphatic carbocycles. The first-order valence-corrected chi connectivity index (χ1v) is 7.11. The number of aliphatic hydroxyl groups excluding tert-OH is 1. The molecule has 6 nitrogen and oxygen atoms in total. The zero-order valence-corrected chi connectivity index (χ0v) is 13.7. The topological polar surface area (TPSA) is 88.4 Å². The summed E-state index contributed by atoms with van der Waals surface area (Å²) in [7, 11) is 0. The summed E-state index contributed by atoms with van der Waals surface area (Å²) in [6.45, 7) is 6.14. The summed E-state index contributed by atoms with van der Waals surface area (Å²) in [6.07, 6.45) is -0.536. The molecule has 0 aliphatic heterocycles. The average Bonchev–Trinajstić information content (AvgIpc) is 2.94. The van der Waals surface area contributed by atoms with Crippen molar-refractivity contribution >= 4 is 12.4 Å². The lowest BCUT2D eigenvalue weighted by atomic mass is 10.1. The first kappa shape index (κ1) is 18.6. The van der Waals surface area contributed by atoms with Crippen molar-refractivity contribution in [1.29, 1.82) is 0 Å². The first-order valence-electron chi connectivity index (χ1n) is 7.11. The molecule has 22 heavy (non-hydrogen) atoms. The standard InChI is InChI=1S/C15H22N4O2.ClH/c1-3-19(10-14-17-15(8-16)21-18-14)9-13(20)12-6-4-11(2)5-7-12;/h4-7,13,20H,3,8-10,16H2,1-2H3;1H. The molecule has 0 aliphatic rings. The van der Waals surface area contributed by atoms with Gasteiger partial charge in [0.1, 0.15) is 0 Å². The highest BCUT2D eigenvalue weighted by Gasteiger charge is 2.15. The van der Waals surface area contributed by atoms with Crippen LogP contribution in [0.1, 0.15) is 35.9 Å². The SMILES string of the molecule is CCN(Cc1noc(CN)n1)CC(O)c1ccc(C)cc1.Cl. The number of halogens is 1. The van der Waals surface area contributed by atoms with Crippen LogP contribution in [-0.2, 0) is 13.1 Å². The molecule has 0 spiro atoms. The van der Waals surface area contributed by atoms with Gasteiger partial charge < -0.3 is 15.4 Å². The van der Waals surface area contributed by atoms with Crippen molar-refractivity contribution in [2.45, 2.75) is 33.0 Å². The highest BCUT2D eigenvalue weighted by Crippen LogP contribution is 2.16. The molecule has 1 heterocycles. The van der Waals surface area contributed by atoms with Gasteiger partial charge in [0, 0.05) is 6.54 Å². The summed E-state index contributed by atoms with van der Waals surface area (Å²) in [6, 6.07) is 7.91. The fraction of sp³-hybridized carbons (Fsp3) is 0.467. The minimum atomic E-state index is -0.536. The fourth-order valence-corrected chi connectivity index (χ4v) is 2.08. The molecular formula is C15H23ClN4O2. The Kier molecular flexibility index (Phi) is 7.47. The number of hydrogen-bond acceptors (Lipinski definition) is 6. The van der Waals surface area contributed by atoms with Gasteiger partial charge in [-0.15, -0.1) is 12.4 Å². The summed E-state index contributed by atoms with van der Waals surface area (Å²) < 4.78 is 4.99. The Labute approximate surface area is 136 Å².